The highest BCUT2D eigenvalue weighted by atomic mass is 35.5. The van der Waals surface area contributed by atoms with E-state index in [0.29, 0.717) is 36.4 Å². The van der Waals surface area contributed by atoms with E-state index in [1.165, 1.54) is 5.56 Å². The molecule has 2 aliphatic rings. The van der Waals surface area contributed by atoms with Gasteiger partial charge in [-0.1, -0.05) is 52.7 Å². The number of aryl methyl sites for hydroxylation is 1. The zero-order valence-corrected chi connectivity index (χ0v) is 19.2. The van der Waals surface area contributed by atoms with E-state index in [2.05, 4.69) is 10.1 Å². The summed E-state index contributed by atoms with van der Waals surface area (Å²) < 4.78 is 5.54. The number of aromatic nitrogens is 2. The van der Waals surface area contributed by atoms with Crippen molar-refractivity contribution in [2.75, 3.05) is 24.5 Å². The number of hydrogen-bond donors (Lipinski definition) is 0. The standard InChI is InChI=1S/C25H25ClN4O3/c1-16-5-7-17(8-6-16)23-27-24(33-28-23)18-9-11-29(12-10-18)25(32)19-13-22(31)30(15-19)21-4-2-3-20(26)14-21/h2-8,14,18-19H,9-13,15H2,1H3/t19-/m0/s1. The minimum Gasteiger partial charge on any atom is -0.342 e. The molecule has 7 nitrogen and oxygen atoms in total. The maximum atomic E-state index is 13.1. The number of anilines is 1. The van der Waals surface area contributed by atoms with Gasteiger partial charge in [-0.15, -0.1) is 0 Å². The summed E-state index contributed by atoms with van der Waals surface area (Å²) in [5.41, 5.74) is 2.85. The zero-order valence-electron chi connectivity index (χ0n) is 18.4. The van der Waals surface area contributed by atoms with Crippen LogP contribution >= 0.6 is 11.6 Å². The summed E-state index contributed by atoms with van der Waals surface area (Å²) in [5.74, 6) is 1.02. The third kappa shape index (κ3) is 4.50. The number of rotatable bonds is 4. The molecule has 0 radical (unpaired) electrons. The predicted octanol–water partition coefficient (Wildman–Crippen LogP) is 4.46. The van der Waals surface area contributed by atoms with Crippen LogP contribution in [0.4, 0.5) is 5.69 Å². The van der Waals surface area contributed by atoms with Crippen LogP contribution in [0.3, 0.4) is 0 Å². The van der Waals surface area contributed by atoms with E-state index in [-0.39, 0.29) is 30.1 Å². The third-order valence-corrected chi connectivity index (χ3v) is 6.74. The van der Waals surface area contributed by atoms with Crippen LogP contribution in [0.1, 0.15) is 36.6 Å². The zero-order chi connectivity index (χ0) is 22.9. The number of likely N-dealkylation sites (tertiary alicyclic amines) is 1. The van der Waals surface area contributed by atoms with Crippen LogP contribution < -0.4 is 4.90 Å². The first kappa shape index (κ1) is 21.6. The van der Waals surface area contributed by atoms with Crippen molar-refractivity contribution in [2.45, 2.75) is 32.1 Å². The summed E-state index contributed by atoms with van der Waals surface area (Å²) in [5, 5.41) is 4.71. The average molecular weight is 465 g/mol. The van der Waals surface area contributed by atoms with Gasteiger partial charge in [0, 0.05) is 48.2 Å². The van der Waals surface area contributed by atoms with Crippen LogP contribution in [0.25, 0.3) is 11.4 Å². The van der Waals surface area contributed by atoms with E-state index in [4.69, 9.17) is 16.1 Å². The number of piperidine rings is 1. The van der Waals surface area contributed by atoms with E-state index in [1.54, 1.807) is 17.0 Å². The molecule has 0 saturated carbocycles. The molecule has 3 aromatic rings. The predicted molar refractivity (Wildman–Crippen MR) is 125 cm³/mol. The van der Waals surface area contributed by atoms with Crippen molar-refractivity contribution >= 4 is 29.1 Å². The Bertz CT molecular complexity index is 1170. The third-order valence-electron chi connectivity index (χ3n) is 6.50. The van der Waals surface area contributed by atoms with E-state index < -0.39 is 0 Å². The number of carbonyl (C=O) groups is 2. The molecule has 2 fully saturated rings. The maximum absolute atomic E-state index is 13.1. The summed E-state index contributed by atoms with van der Waals surface area (Å²) in [6, 6.07) is 15.2. The SMILES string of the molecule is Cc1ccc(-c2noc(C3CCN(C(=O)[C@H]4CC(=O)N(c5cccc(Cl)c5)C4)CC3)n2)cc1. The lowest BCUT2D eigenvalue weighted by atomic mass is 9.95. The number of hydrogen-bond acceptors (Lipinski definition) is 5. The van der Waals surface area contributed by atoms with Gasteiger partial charge < -0.3 is 14.3 Å². The van der Waals surface area contributed by atoms with Gasteiger partial charge in [0.05, 0.1) is 5.92 Å². The van der Waals surface area contributed by atoms with Gasteiger partial charge in [-0.2, -0.15) is 4.98 Å². The molecule has 1 aromatic heterocycles. The van der Waals surface area contributed by atoms with Gasteiger partial charge in [0.15, 0.2) is 0 Å². The summed E-state index contributed by atoms with van der Waals surface area (Å²) >= 11 is 6.07. The van der Waals surface area contributed by atoms with Crippen LogP contribution in [0.15, 0.2) is 53.1 Å². The summed E-state index contributed by atoms with van der Waals surface area (Å²) in [4.78, 5) is 33.8. The van der Waals surface area contributed by atoms with E-state index in [9.17, 15) is 9.59 Å². The molecule has 0 bridgehead atoms. The van der Waals surface area contributed by atoms with Gasteiger partial charge in [-0.05, 0) is 38.0 Å². The lowest BCUT2D eigenvalue weighted by Gasteiger charge is -2.32. The summed E-state index contributed by atoms with van der Waals surface area (Å²) in [7, 11) is 0. The highest BCUT2D eigenvalue weighted by molar-refractivity contribution is 6.31. The van der Waals surface area contributed by atoms with Crippen molar-refractivity contribution in [3.8, 4) is 11.4 Å². The van der Waals surface area contributed by atoms with E-state index in [1.807, 2.05) is 48.2 Å². The molecule has 0 unspecified atom stereocenters. The summed E-state index contributed by atoms with van der Waals surface area (Å²) in [6.07, 6.45) is 1.76. The topological polar surface area (TPSA) is 79.5 Å². The average Bonchev–Trinajstić information content (AvgIpc) is 3.47. The Hall–Kier alpha value is -3.19. The van der Waals surface area contributed by atoms with Gasteiger partial charge in [0.1, 0.15) is 0 Å². The van der Waals surface area contributed by atoms with Crippen LogP contribution in [-0.2, 0) is 9.59 Å². The molecule has 33 heavy (non-hydrogen) atoms. The second-order valence-electron chi connectivity index (χ2n) is 8.81. The number of carbonyl (C=O) groups excluding carboxylic acids is 2. The number of benzene rings is 2. The fourth-order valence-corrected chi connectivity index (χ4v) is 4.78. The first-order chi connectivity index (χ1) is 16.0. The van der Waals surface area contributed by atoms with Crippen molar-refractivity contribution in [3.63, 3.8) is 0 Å². The normalized spacial score (nSPS) is 19.3. The van der Waals surface area contributed by atoms with Crippen molar-refractivity contribution < 1.29 is 14.1 Å². The van der Waals surface area contributed by atoms with Crippen LogP contribution in [0.5, 0.6) is 0 Å². The molecule has 3 heterocycles. The molecule has 1 atom stereocenters. The van der Waals surface area contributed by atoms with Crippen LogP contribution in [0.2, 0.25) is 5.02 Å². The molecule has 0 spiro atoms. The molecule has 8 heteroatoms. The molecule has 0 aliphatic carbocycles. The molecular weight excluding hydrogens is 440 g/mol. The highest BCUT2D eigenvalue weighted by Gasteiger charge is 2.38. The van der Waals surface area contributed by atoms with Crippen molar-refractivity contribution in [3.05, 3.63) is 65.0 Å². The van der Waals surface area contributed by atoms with Crippen LogP contribution in [-0.4, -0.2) is 46.5 Å². The number of halogens is 1. The van der Waals surface area contributed by atoms with Crippen LogP contribution in [0, 0.1) is 12.8 Å². The number of nitrogens with zero attached hydrogens (tertiary/aromatic N) is 4. The molecule has 0 N–H and O–H groups in total. The molecule has 2 saturated heterocycles. The Balaban J connectivity index is 1.19. The quantitative estimate of drug-likeness (QED) is 0.569. The molecule has 2 aromatic carbocycles. The van der Waals surface area contributed by atoms with Gasteiger partial charge >= 0.3 is 0 Å². The Morgan fingerprint density at radius 1 is 1.12 bits per heavy atom. The lowest BCUT2D eigenvalue weighted by molar-refractivity contribution is -0.136. The minimum absolute atomic E-state index is 0.0391. The lowest BCUT2D eigenvalue weighted by Crippen LogP contribution is -2.42. The fourth-order valence-electron chi connectivity index (χ4n) is 4.59. The van der Waals surface area contributed by atoms with Crippen molar-refractivity contribution in [1.82, 2.24) is 15.0 Å². The first-order valence-electron chi connectivity index (χ1n) is 11.2. The Labute approximate surface area is 197 Å². The largest absolute Gasteiger partial charge is 0.342 e. The minimum atomic E-state index is -0.329. The molecule has 5 rings (SSSR count). The Morgan fingerprint density at radius 2 is 1.88 bits per heavy atom. The van der Waals surface area contributed by atoms with Crippen molar-refractivity contribution in [1.29, 1.82) is 0 Å². The first-order valence-corrected chi connectivity index (χ1v) is 11.6. The fraction of sp³-hybridized carbons (Fsp3) is 0.360. The second-order valence-corrected chi connectivity index (χ2v) is 9.24. The monoisotopic (exact) mass is 464 g/mol. The van der Waals surface area contributed by atoms with Gasteiger partial charge in [0.25, 0.3) is 0 Å². The molecule has 2 aliphatic heterocycles. The van der Waals surface area contributed by atoms with E-state index in [0.717, 1.165) is 24.1 Å². The second kappa shape index (κ2) is 8.98. The highest BCUT2D eigenvalue weighted by Crippen LogP contribution is 2.32. The smallest absolute Gasteiger partial charge is 0.230 e. The maximum Gasteiger partial charge on any atom is 0.230 e. The van der Waals surface area contributed by atoms with Gasteiger partial charge in [-0.25, -0.2) is 0 Å². The molecule has 170 valence electrons. The Kier molecular flexibility index (Phi) is 5.89. The molecular formula is C25H25ClN4O3. The molecule has 2 amide bonds. The number of amides is 2. The van der Waals surface area contributed by atoms with Gasteiger partial charge in [0.2, 0.25) is 23.5 Å². The Morgan fingerprint density at radius 3 is 2.61 bits per heavy atom. The van der Waals surface area contributed by atoms with E-state index >= 15 is 0 Å². The van der Waals surface area contributed by atoms with Gasteiger partial charge in [-0.3, -0.25) is 9.59 Å². The van der Waals surface area contributed by atoms with Crippen molar-refractivity contribution in [2.24, 2.45) is 5.92 Å². The summed E-state index contributed by atoms with van der Waals surface area (Å²) in [6.45, 7) is 3.67.